The highest BCUT2D eigenvalue weighted by molar-refractivity contribution is 9.10. The number of benzene rings is 2. The van der Waals surface area contributed by atoms with E-state index in [2.05, 4.69) is 21.2 Å². The van der Waals surface area contributed by atoms with Crippen LogP contribution in [-0.2, 0) is 19.7 Å². The third kappa shape index (κ3) is 3.51. The number of halogens is 1. The molecule has 2 aromatic rings. The maximum Gasteiger partial charge on any atom is 0.317 e. The summed E-state index contributed by atoms with van der Waals surface area (Å²) in [6.07, 6.45) is 1.53. The van der Waals surface area contributed by atoms with Crippen LogP contribution in [0.1, 0.15) is 24.0 Å². The van der Waals surface area contributed by atoms with Crippen LogP contribution in [0.2, 0.25) is 0 Å². The summed E-state index contributed by atoms with van der Waals surface area (Å²) in [7, 11) is 0. The van der Waals surface area contributed by atoms with E-state index in [0.29, 0.717) is 5.69 Å². The van der Waals surface area contributed by atoms with Gasteiger partial charge in [-0.3, -0.25) is 9.59 Å². The topological polar surface area (TPSA) is 55.4 Å². The van der Waals surface area contributed by atoms with Crippen molar-refractivity contribution in [3.05, 3.63) is 64.1 Å². The normalized spacial score (nSPS) is 14.8. The average Bonchev–Trinajstić information content (AvgIpc) is 3.39. The van der Waals surface area contributed by atoms with Gasteiger partial charge in [0.25, 0.3) is 5.91 Å². The molecule has 1 aliphatic carbocycles. The Morgan fingerprint density at radius 2 is 1.88 bits per heavy atom. The monoisotopic (exact) mass is 387 g/mol. The minimum atomic E-state index is -0.560. The van der Waals surface area contributed by atoms with Gasteiger partial charge in [0.1, 0.15) is 0 Å². The smallest absolute Gasteiger partial charge is 0.317 e. The standard InChI is InChI=1S/C19H18BrNO3/c1-13-11-15(7-8-16(13)20)21-17(22)12-24-18(23)19(9-10-19)14-5-3-2-4-6-14/h2-8,11H,9-10,12H2,1H3,(H,21,22). The van der Waals surface area contributed by atoms with E-state index in [1.807, 2.05) is 49.4 Å². The Kier molecular flexibility index (Phi) is 4.71. The van der Waals surface area contributed by atoms with Gasteiger partial charge in [-0.25, -0.2) is 0 Å². The molecule has 0 saturated heterocycles. The highest BCUT2D eigenvalue weighted by atomic mass is 79.9. The Balaban J connectivity index is 1.56. The molecule has 1 aliphatic rings. The van der Waals surface area contributed by atoms with E-state index in [4.69, 9.17) is 4.74 Å². The SMILES string of the molecule is Cc1cc(NC(=O)COC(=O)C2(c3ccccc3)CC2)ccc1Br. The lowest BCUT2D eigenvalue weighted by molar-refractivity contribution is -0.150. The zero-order valence-electron chi connectivity index (χ0n) is 13.3. The van der Waals surface area contributed by atoms with E-state index in [1.54, 1.807) is 6.07 Å². The van der Waals surface area contributed by atoms with Crippen LogP contribution in [0.5, 0.6) is 0 Å². The largest absolute Gasteiger partial charge is 0.455 e. The third-order valence-corrected chi connectivity index (χ3v) is 5.13. The van der Waals surface area contributed by atoms with Gasteiger partial charge in [0, 0.05) is 10.2 Å². The van der Waals surface area contributed by atoms with Crippen molar-refractivity contribution in [3.63, 3.8) is 0 Å². The molecule has 124 valence electrons. The molecule has 0 atom stereocenters. The molecule has 0 bridgehead atoms. The summed E-state index contributed by atoms with van der Waals surface area (Å²) in [6, 6.07) is 15.1. The molecule has 0 aliphatic heterocycles. The first-order valence-electron chi connectivity index (χ1n) is 7.80. The predicted molar refractivity (Wildman–Crippen MR) is 95.8 cm³/mol. The molecule has 3 rings (SSSR count). The van der Waals surface area contributed by atoms with Crippen LogP contribution in [0, 0.1) is 6.92 Å². The van der Waals surface area contributed by atoms with Crippen LogP contribution in [0.25, 0.3) is 0 Å². The van der Waals surface area contributed by atoms with E-state index in [9.17, 15) is 9.59 Å². The van der Waals surface area contributed by atoms with Crippen LogP contribution < -0.4 is 5.32 Å². The summed E-state index contributed by atoms with van der Waals surface area (Å²) in [4.78, 5) is 24.4. The lowest BCUT2D eigenvalue weighted by Crippen LogP contribution is -2.28. The molecule has 0 radical (unpaired) electrons. The maximum absolute atomic E-state index is 12.4. The number of hydrogen-bond donors (Lipinski definition) is 1. The number of nitrogens with one attached hydrogen (secondary N) is 1. The molecule has 1 N–H and O–H groups in total. The fourth-order valence-electron chi connectivity index (χ4n) is 2.68. The molecule has 24 heavy (non-hydrogen) atoms. The summed E-state index contributed by atoms with van der Waals surface area (Å²) in [5.41, 5.74) is 2.10. The van der Waals surface area contributed by atoms with Crippen molar-refractivity contribution in [3.8, 4) is 0 Å². The predicted octanol–water partition coefficient (Wildman–Crippen LogP) is 3.97. The lowest BCUT2D eigenvalue weighted by atomic mass is 9.96. The van der Waals surface area contributed by atoms with Gasteiger partial charge >= 0.3 is 5.97 Å². The van der Waals surface area contributed by atoms with Crippen molar-refractivity contribution in [2.75, 3.05) is 11.9 Å². The number of aryl methyl sites for hydroxylation is 1. The van der Waals surface area contributed by atoms with Crippen LogP contribution in [0.3, 0.4) is 0 Å². The van der Waals surface area contributed by atoms with Gasteiger partial charge in [0.05, 0.1) is 5.41 Å². The highest BCUT2D eigenvalue weighted by Crippen LogP contribution is 2.49. The molecule has 0 spiro atoms. The van der Waals surface area contributed by atoms with E-state index in [0.717, 1.165) is 28.4 Å². The van der Waals surface area contributed by atoms with E-state index < -0.39 is 5.41 Å². The Bertz CT molecular complexity index is 769. The van der Waals surface area contributed by atoms with Crippen molar-refractivity contribution < 1.29 is 14.3 Å². The van der Waals surface area contributed by atoms with Gasteiger partial charge < -0.3 is 10.1 Å². The van der Waals surface area contributed by atoms with Crippen LogP contribution in [-0.4, -0.2) is 18.5 Å². The van der Waals surface area contributed by atoms with E-state index in [1.165, 1.54) is 0 Å². The van der Waals surface area contributed by atoms with Crippen molar-refractivity contribution in [1.29, 1.82) is 0 Å². The van der Waals surface area contributed by atoms with Gasteiger partial charge in [-0.2, -0.15) is 0 Å². The molecule has 2 aromatic carbocycles. The lowest BCUT2D eigenvalue weighted by Gasteiger charge is -2.15. The van der Waals surface area contributed by atoms with Crippen molar-refractivity contribution >= 4 is 33.5 Å². The van der Waals surface area contributed by atoms with Crippen molar-refractivity contribution in [2.24, 2.45) is 0 Å². The van der Waals surface area contributed by atoms with Gasteiger partial charge in [-0.05, 0) is 49.1 Å². The van der Waals surface area contributed by atoms with Gasteiger partial charge in [-0.1, -0.05) is 46.3 Å². The second-order valence-electron chi connectivity index (χ2n) is 6.04. The molecule has 4 nitrogen and oxygen atoms in total. The molecule has 1 amide bonds. The number of hydrogen-bond acceptors (Lipinski definition) is 3. The van der Waals surface area contributed by atoms with Gasteiger partial charge in [0.2, 0.25) is 0 Å². The zero-order valence-corrected chi connectivity index (χ0v) is 14.9. The summed E-state index contributed by atoms with van der Waals surface area (Å²) in [5, 5.41) is 2.74. The quantitative estimate of drug-likeness (QED) is 0.789. The van der Waals surface area contributed by atoms with Crippen LogP contribution >= 0.6 is 15.9 Å². The Labute approximate surface area is 149 Å². The van der Waals surface area contributed by atoms with E-state index in [-0.39, 0.29) is 18.5 Å². The summed E-state index contributed by atoms with van der Waals surface area (Å²) >= 11 is 3.41. The molecule has 1 saturated carbocycles. The minimum absolute atomic E-state index is 0.275. The number of anilines is 1. The van der Waals surface area contributed by atoms with E-state index >= 15 is 0 Å². The molecule has 0 aromatic heterocycles. The molecule has 0 unspecified atom stereocenters. The summed E-state index contributed by atoms with van der Waals surface area (Å²) in [5.74, 6) is -0.662. The Morgan fingerprint density at radius 3 is 2.50 bits per heavy atom. The number of esters is 1. The van der Waals surface area contributed by atoms with Gasteiger partial charge in [0.15, 0.2) is 6.61 Å². The number of carbonyl (C=O) groups is 2. The average molecular weight is 388 g/mol. The highest BCUT2D eigenvalue weighted by Gasteiger charge is 2.52. The second kappa shape index (κ2) is 6.77. The molecule has 5 heteroatoms. The second-order valence-corrected chi connectivity index (χ2v) is 6.89. The van der Waals surface area contributed by atoms with Crippen molar-refractivity contribution in [1.82, 2.24) is 0 Å². The summed E-state index contributed by atoms with van der Waals surface area (Å²) < 4.78 is 6.23. The zero-order chi connectivity index (χ0) is 17.2. The number of ether oxygens (including phenoxy) is 1. The van der Waals surface area contributed by atoms with Gasteiger partial charge in [-0.15, -0.1) is 0 Å². The summed E-state index contributed by atoms with van der Waals surface area (Å²) in [6.45, 7) is 1.67. The Morgan fingerprint density at radius 1 is 1.17 bits per heavy atom. The number of amides is 1. The number of rotatable bonds is 5. The third-order valence-electron chi connectivity index (χ3n) is 4.24. The Hall–Kier alpha value is -2.14. The number of carbonyl (C=O) groups excluding carboxylic acids is 2. The van der Waals surface area contributed by atoms with Crippen molar-refractivity contribution in [2.45, 2.75) is 25.2 Å². The van der Waals surface area contributed by atoms with Crippen LogP contribution in [0.4, 0.5) is 5.69 Å². The minimum Gasteiger partial charge on any atom is -0.455 e. The fourth-order valence-corrected chi connectivity index (χ4v) is 2.93. The first kappa shape index (κ1) is 16.7. The van der Waals surface area contributed by atoms with Crippen LogP contribution in [0.15, 0.2) is 53.0 Å². The molecular weight excluding hydrogens is 370 g/mol. The molecule has 1 fully saturated rings. The molecule has 0 heterocycles. The first-order valence-corrected chi connectivity index (χ1v) is 8.59. The molecular formula is C19H18BrNO3. The maximum atomic E-state index is 12.4. The fraction of sp³-hybridized carbons (Fsp3) is 0.263. The first-order chi connectivity index (χ1) is 11.5.